The zero-order chi connectivity index (χ0) is 17.6. The van der Waals surface area contributed by atoms with Crippen molar-refractivity contribution in [2.45, 2.75) is 58.8 Å². The van der Waals surface area contributed by atoms with E-state index in [2.05, 4.69) is 45.0 Å². The van der Waals surface area contributed by atoms with Gasteiger partial charge in [-0.1, -0.05) is 43.5 Å². The van der Waals surface area contributed by atoms with Crippen molar-refractivity contribution in [2.75, 3.05) is 5.73 Å². The standard InChI is InChI=1S/C23H27NO/c1-14-15(2)23-21(16(3)22(14)24)20(13-25-23)19-11-9-18(10-12-19)17-7-5-4-6-8-17/h9-13,17H,4-8,24H2,1-3H3. The second-order valence-electron chi connectivity index (χ2n) is 7.60. The zero-order valence-electron chi connectivity index (χ0n) is 15.5. The van der Waals surface area contributed by atoms with Crippen LogP contribution < -0.4 is 5.73 Å². The third-order valence-corrected chi connectivity index (χ3v) is 6.18. The van der Waals surface area contributed by atoms with Crippen LogP contribution in [-0.4, -0.2) is 0 Å². The molecule has 2 N–H and O–H groups in total. The highest BCUT2D eigenvalue weighted by Gasteiger charge is 2.19. The molecule has 0 radical (unpaired) electrons. The van der Waals surface area contributed by atoms with Gasteiger partial charge in [0.2, 0.25) is 0 Å². The molecule has 0 aliphatic heterocycles. The molecule has 0 spiro atoms. The number of aryl methyl sites for hydroxylation is 2. The number of nitrogens with two attached hydrogens (primary N) is 1. The van der Waals surface area contributed by atoms with Gasteiger partial charge in [-0.15, -0.1) is 0 Å². The zero-order valence-corrected chi connectivity index (χ0v) is 15.5. The highest BCUT2D eigenvalue weighted by atomic mass is 16.3. The molecule has 1 heterocycles. The maximum absolute atomic E-state index is 6.33. The molecule has 2 heteroatoms. The highest BCUT2D eigenvalue weighted by Crippen LogP contribution is 2.40. The molecule has 0 amide bonds. The van der Waals surface area contributed by atoms with E-state index in [0.717, 1.165) is 44.8 Å². The average Bonchev–Trinajstić information content (AvgIpc) is 3.11. The minimum atomic E-state index is 0.742. The van der Waals surface area contributed by atoms with Crippen LogP contribution in [0.2, 0.25) is 0 Å². The van der Waals surface area contributed by atoms with E-state index in [0.29, 0.717) is 0 Å². The third kappa shape index (κ3) is 2.64. The molecule has 1 fully saturated rings. The maximum atomic E-state index is 6.33. The van der Waals surface area contributed by atoms with Gasteiger partial charge in [-0.3, -0.25) is 0 Å². The molecule has 0 bridgehead atoms. The molecule has 0 saturated heterocycles. The van der Waals surface area contributed by atoms with E-state index < -0.39 is 0 Å². The first-order valence-electron chi connectivity index (χ1n) is 9.44. The van der Waals surface area contributed by atoms with E-state index in [-0.39, 0.29) is 0 Å². The number of furan rings is 1. The van der Waals surface area contributed by atoms with E-state index in [9.17, 15) is 0 Å². The molecule has 1 aliphatic carbocycles. The fourth-order valence-corrected chi connectivity index (χ4v) is 4.38. The minimum Gasteiger partial charge on any atom is -0.463 e. The summed E-state index contributed by atoms with van der Waals surface area (Å²) in [6.07, 6.45) is 8.70. The van der Waals surface area contributed by atoms with E-state index >= 15 is 0 Å². The molecule has 0 unspecified atom stereocenters. The summed E-state index contributed by atoms with van der Waals surface area (Å²) in [5.41, 5.74) is 15.4. The van der Waals surface area contributed by atoms with Crippen LogP contribution in [0.25, 0.3) is 22.1 Å². The van der Waals surface area contributed by atoms with Gasteiger partial charge in [-0.05, 0) is 67.3 Å². The maximum Gasteiger partial charge on any atom is 0.138 e. The summed E-state index contributed by atoms with van der Waals surface area (Å²) in [6.45, 7) is 6.25. The van der Waals surface area contributed by atoms with E-state index in [4.69, 9.17) is 10.2 Å². The lowest BCUT2D eigenvalue weighted by Gasteiger charge is -2.22. The molecule has 3 aromatic rings. The van der Waals surface area contributed by atoms with E-state index in [1.165, 1.54) is 43.2 Å². The summed E-state index contributed by atoms with van der Waals surface area (Å²) >= 11 is 0. The fraction of sp³-hybridized carbons (Fsp3) is 0.391. The predicted octanol–water partition coefficient (Wildman–Crippen LogP) is 6.65. The molecule has 2 aromatic carbocycles. The lowest BCUT2D eigenvalue weighted by molar-refractivity contribution is 0.443. The smallest absolute Gasteiger partial charge is 0.138 e. The first-order valence-corrected chi connectivity index (χ1v) is 9.44. The number of rotatable bonds is 2. The van der Waals surface area contributed by atoms with E-state index in [1.807, 2.05) is 6.26 Å². The van der Waals surface area contributed by atoms with Crippen LogP contribution in [0.3, 0.4) is 0 Å². The number of benzene rings is 2. The number of fused-ring (bicyclic) bond motifs is 1. The number of hydrogen-bond acceptors (Lipinski definition) is 2. The Kier molecular flexibility index (Phi) is 4.07. The van der Waals surface area contributed by atoms with Crippen molar-refractivity contribution in [1.82, 2.24) is 0 Å². The van der Waals surface area contributed by atoms with Gasteiger partial charge < -0.3 is 10.2 Å². The Morgan fingerprint density at radius 1 is 0.880 bits per heavy atom. The summed E-state index contributed by atoms with van der Waals surface area (Å²) in [5, 5.41) is 1.16. The Labute approximate surface area is 150 Å². The Morgan fingerprint density at radius 2 is 1.56 bits per heavy atom. The van der Waals surface area contributed by atoms with Crippen LogP contribution in [-0.2, 0) is 0 Å². The summed E-state index contributed by atoms with van der Waals surface area (Å²) in [7, 11) is 0. The molecule has 2 nitrogen and oxygen atoms in total. The monoisotopic (exact) mass is 333 g/mol. The SMILES string of the molecule is Cc1c(N)c(C)c2c(-c3ccc(C4CCCCC4)cc3)coc2c1C. The largest absolute Gasteiger partial charge is 0.463 e. The first kappa shape index (κ1) is 16.3. The van der Waals surface area contributed by atoms with Gasteiger partial charge in [0.1, 0.15) is 5.58 Å². The summed E-state index contributed by atoms with van der Waals surface area (Å²) in [4.78, 5) is 0. The van der Waals surface area contributed by atoms with Crippen molar-refractivity contribution >= 4 is 16.7 Å². The van der Waals surface area contributed by atoms with Gasteiger partial charge in [0.05, 0.1) is 6.26 Å². The molecule has 1 aromatic heterocycles. The molecule has 130 valence electrons. The fourth-order valence-electron chi connectivity index (χ4n) is 4.38. The Hall–Kier alpha value is -2.22. The summed E-state index contributed by atoms with van der Waals surface area (Å²) in [6, 6.07) is 9.12. The molecule has 4 rings (SSSR count). The van der Waals surface area contributed by atoms with Crippen LogP contribution in [0.1, 0.15) is 60.3 Å². The van der Waals surface area contributed by atoms with Crippen molar-refractivity contribution in [3.05, 3.63) is 52.8 Å². The third-order valence-electron chi connectivity index (χ3n) is 6.18. The normalized spacial score (nSPS) is 15.8. The van der Waals surface area contributed by atoms with Crippen molar-refractivity contribution in [2.24, 2.45) is 0 Å². The second-order valence-corrected chi connectivity index (χ2v) is 7.60. The number of anilines is 1. The molecule has 0 atom stereocenters. The molecule has 1 aliphatic rings. The Bertz CT molecular complexity index is 912. The van der Waals surface area contributed by atoms with Crippen molar-refractivity contribution in [3.63, 3.8) is 0 Å². The van der Waals surface area contributed by atoms with E-state index in [1.54, 1.807) is 0 Å². The van der Waals surface area contributed by atoms with Crippen molar-refractivity contribution in [1.29, 1.82) is 0 Å². The molecular weight excluding hydrogens is 306 g/mol. The van der Waals surface area contributed by atoms with Crippen LogP contribution in [0.4, 0.5) is 5.69 Å². The Morgan fingerprint density at radius 3 is 2.24 bits per heavy atom. The minimum absolute atomic E-state index is 0.742. The van der Waals surface area contributed by atoms with Gasteiger partial charge in [0.25, 0.3) is 0 Å². The van der Waals surface area contributed by atoms with Crippen LogP contribution in [0.5, 0.6) is 0 Å². The summed E-state index contributed by atoms with van der Waals surface area (Å²) < 4.78 is 5.94. The summed E-state index contributed by atoms with van der Waals surface area (Å²) in [5.74, 6) is 0.742. The molecular formula is C23H27NO. The molecule has 25 heavy (non-hydrogen) atoms. The topological polar surface area (TPSA) is 39.2 Å². The van der Waals surface area contributed by atoms with Gasteiger partial charge in [0.15, 0.2) is 0 Å². The van der Waals surface area contributed by atoms with Gasteiger partial charge >= 0.3 is 0 Å². The number of nitrogen functional groups attached to an aromatic ring is 1. The van der Waals surface area contributed by atoms with Crippen molar-refractivity contribution < 1.29 is 4.42 Å². The van der Waals surface area contributed by atoms with Crippen LogP contribution in [0, 0.1) is 20.8 Å². The molecule has 1 saturated carbocycles. The first-order chi connectivity index (χ1) is 12.1. The van der Waals surface area contributed by atoms with Crippen LogP contribution >= 0.6 is 0 Å². The predicted molar refractivity (Wildman–Crippen MR) is 106 cm³/mol. The highest BCUT2D eigenvalue weighted by molar-refractivity contribution is 6.01. The lowest BCUT2D eigenvalue weighted by Crippen LogP contribution is -2.04. The average molecular weight is 333 g/mol. The quantitative estimate of drug-likeness (QED) is 0.533. The number of hydrogen-bond donors (Lipinski definition) is 1. The lowest BCUT2D eigenvalue weighted by atomic mass is 9.83. The second kappa shape index (κ2) is 6.25. The van der Waals surface area contributed by atoms with Crippen LogP contribution in [0.15, 0.2) is 34.9 Å². The van der Waals surface area contributed by atoms with Crippen molar-refractivity contribution in [3.8, 4) is 11.1 Å². The van der Waals surface area contributed by atoms with Gasteiger partial charge in [0, 0.05) is 16.6 Å². The van der Waals surface area contributed by atoms with Gasteiger partial charge in [-0.2, -0.15) is 0 Å². The van der Waals surface area contributed by atoms with Gasteiger partial charge in [-0.25, -0.2) is 0 Å². The Balaban J connectivity index is 1.77.